The predicted molar refractivity (Wildman–Crippen MR) is 87.1 cm³/mol. The molecule has 0 aliphatic carbocycles. The Bertz CT molecular complexity index is 889. The van der Waals surface area contributed by atoms with Crippen LogP contribution in [0, 0.1) is 11.6 Å². The van der Waals surface area contributed by atoms with E-state index in [0.29, 0.717) is 11.2 Å². The molecule has 7 nitrogen and oxygen atoms in total. The van der Waals surface area contributed by atoms with Crippen molar-refractivity contribution in [3.8, 4) is 0 Å². The summed E-state index contributed by atoms with van der Waals surface area (Å²) in [7, 11) is 0. The van der Waals surface area contributed by atoms with E-state index in [1.165, 1.54) is 16.8 Å². The lowest BCUT2D eigenvalue weighted by atomic mass is 10.1. The maximum Gasteiger partial charge on any atom is 0.200 e. The Morgan fingerprint density at radius 1 is 1.04 bits per heavy atom. The van der Waals surface area contributed by atoms with Crippen LogP contribution in [0.5, 0.6) is 0 Å². The third-order valence-corrected chi connectivity index (χ3v) is 4.65. The Morgan fingerprint density at radius 3 is 2.60 bits per heavy atom. The smallest absolute Gasteiger partial charge is 0.200 e. The van der Waals surface area contributed by atoms with E-state index in [9.17, 15) is 8.78 Å². The van der Waals surface area contributed by atoms with Gasteiger partial charge in [0.2, 0.25) is 0 Å². The molecule has 0 amide bonds. The zero-order valence-corrected chi connectivity index (χ0v) is 13.7. The predicted octanol–water partition coefficient (Wildman–Crippen LogP) is 1.68. The Labute approximate surface area is 142 Å². The van der Waals surface area contributed by atoms with Gasteiger partial charge in [0, 0.05) is 43.9 Å². The van der Waals surface area contributed by atoms with Crippen LogP contribution in [0.3, 0.4) is 0 Å². The van der Waals surface area contributed by atoms with Gasteiger partial charge in [-0.1, -0.05) is 6.07 Å². The summed E-state index contributed by atoms with van der Waals surface area (Å²) >= 11 is 0. The summed E-state index contributed by atoms with van der Waals surface area (Å²) in [6, 6.07) is 7.37. The minimum atomic E-state index is -0.553. The Balaban J connectivity index is 1.45. The molecule has 4 rings (SSSR count). The number of tetrazole rings is 1. The quantitative estimate of drug-likeness (QED) is 0.720. The minimum Gasteiger partial charge on any atom is -0.353 e. The highest BCUT2D eigenvalue weighted by Gasteiger charge is 2.24. The molecule has 9 heteroatoms. The number of fused-ring (bicyclic) bond motifs is 1. The number of anilines is 1. The van der Waals surface area contributed by atoms with E-state index < -0.39 is 11.6 Å². The second kappa shape index (κ2) is 6.32. The summed E-state index contributed by atoms with van der Waals surface area (Å²) in [5, 5.41) is 15.6. The molecule has 1 saturated heterocycles. The molecule has 25 heavy (non-hydrogen) atoms. The molecular formula is C16H17F2N7. The normalized spacial score (nSPS) is 17.2. The molecule has 0 saturated carbocycles. The van der Waals surface area contributed by atoms with Gasteiger partial charge in [-0.25, -0.2) is 8.78 Å². The van der Waals surface area contributed by atoms with Crippen LogP contribution in [-0.4, -0.2) is 56.3 Å². The molecular weight excluding hydrogens is 328 g/mol. The van der Waals surface area contributed by atoms with Crippen LogP contribution in [0.25, 0.3) is 5.65 Å². The summed E-state index contributed by atoms with van der Waals surface area (Å²) in [6.45, 7) is 4.97. The van der Waals surface area contributed by atoms with Crippen molar-refractivity contribution in [2.45, 2.75) is 13.0 Å². The third-order valence-electron chi connectivity index (χ3n) is 4.65. The van der Waals surface area contributed by atoms with Gasteiger partial charge in [0.05, 0.1) is 0 Å². The first-order valence-electron chi connectivity index (χ1n) is 8.11. The third kappa shape index (κ3) is 3.02. The van der Waals surface area contributed by atoms with Gasteiger partial charge < -0.3 is 4.90 Å². The highest BCUT2D eigenvalue weighted by molar-refractivity contribution is 5.44. The number of rotatable bonds is 3. The Hall–Kier alpha value is -2.68. The van der Waals surface area contributed by atoms with E-state index in [4.69, 9.17) is 0 Å². The zero-order valence-electron chi connectivity index (χ0n) is 13.7. The molecule has 1 fully saturated rings. The molecule has 3 aromatic rings. The molecule has 2 aromatic heterocycles. The van der Waals surface area contributed by atoms with Crippen LogP contribution in [0.15, 0.2) is 30.3 Å². The van der Waals surface area contributed by atoms with Gasteiger partial charge in [-0.05, 0) is 35.5 Å². The van der Waals surface area contributed by atoms with E-state index in [1.54, 1.807) is 0 Å². The van der Waals surface area contributed by atoms with Gasteiger partial charge in [0.1, 0.15) is 11.6 Å². The second-order valence-corrected chi connectivity index (χ2v) is 6.08. The van der Waals surface area contributed by atoms with E-state index in [-0.39, 0.29) is 6.04 Å². The van der Waals surface area contributed by atoms with Crippen molar-refractivity contribution in [1.82, 2.24) is 30.2 Å². The summed E-state index contributed by atoms with van der Waals surface area (Å²) in [5.74, 6) is -0.247. The fraction of sp³-hybridized carbons (Fsp3) is 0.375. The number of aromatic nitrogens is 5. The molecule has 0 bridgehead atoms. The lowest BCUT2D eigenvalue weighted by Gasteiger charge is -2.38. The molecule has 1 aliphatic rings. The number of hydrogen-bond acceptors (Lipinski definition) is 6. The van der Waals surface area contributed by atoms with Crippen molar-refractivity contribution in [3.05, 3.63) is 47.5 Å². The summed E-state index contributed by atoms with van der Waals surface area (Å²) in [4.78, 5) is 4.33. The van der Waals surface area contributed by atoms with Gasteiger partial charge in [-0.3, -0.25) is 4.90 Å². The van der Waals surface area contributed by atoms with E-state index in [0.717, 1.165) is 38.1 Å². The SMILES string of the molecule is CC(c1ccc(F)cc1F)N1CCN(c2ccc3nnnn3n2)CC1. The monoisotopic (exact) mass is 345 g/mol. The number of benzene rings is 1. The van der Waals surface area contributed by atoms with Crippen molar-refractivity contribution < 1.29 is 8.78 Å². The van der Waals surface area contributed by atoms with Crippen molar-refractivity contribution in [3.63, 3.8) is 0 Å². The second-order valence-electron chi connectivity index (χ2n) is 6.08. The van der Waals surface area contributed by atoms with E-state index in [1.807, 2.05) is 19.1 Å². The molecule has 1 aliphatic heterocycles. The molecule has 0 spiro atoms. The van der Waals surface area contributed by atoms with Gasteiger partial charge in [-0.15, -0.1) is 14.8 Å². The van der Waals surface area contributed by atoms with Crippen LogP contribution < -0.4 is 4.90 Å². The maximum atomic E-state index is 14.0. The molecule has 0 radical (unpaired) electrons. The average molecular weight is 345 g/mol. The lowest BCUT2D eigenvalue weighted by Crippen LogP contribution is -2.47. The minimum absolute atomic E-state index is 0.113. The molecule has 3 heterocycles. The highest BCUT2D eigenvalue weighted by Crippen LogP contribution is 2.25. The standard InChI is InChI=1S/C16H17F2N7/c1-11(13-3-2-12(17)10-14(13)18)23-6-8-24(9-7-23)16-5-4-15-19-21-22-25(15)20-16/h2-5,10-11H,6-9H2,1H3. The van der Waals surface area contributed by atoms with Crippen LogP contribution >= 0.6 is 0 Å². The number of hydrogen-bond donors (Lipinski definition) is 0. The Morgan fingerprint density at radius 2 is 1.84 bits per heavy atom. The molecule has 130 valence electrons. The molecule has 1 aromatic carbocycles. The fourth-order valence-corrected chi connectivity index (χ4v) is 3.18. The first-order valence-corrected chi connectivity index (χ1v) is 8.11. The van der Waals surface area contributed by atoms with Crippen LogP contribution in [0.1, 0.15) is 18.5 Å². The maximum absolute atomic E-state index is 14.0. The van der Waals surface area contributed by atoms with Crippen LogP contribution in [0.2, 0.25) is 0 Å². The topological polar surface area (TPSA) is 62.5 Å². The lowest BCUT2D eigenvalue weighted by molar-refractivity contribution is 0.194. The Kier molecular flexibility index (Phi) is 4.00. The first kappa shape index (κ1) is 15.8. The molecule has 1 atom stereocenters. The van der Waals surface area contributed by atoms with Crippen molar-refractivity contribution >= 4 is 11.5 Å². The summed E-state index contributed by atoms with van der Waals surface area (Å²) in [6.07, 6.45) is 0. The summed E-state index contributed by atoms with van der Waals surface area (Å²) in [5.41, 5.74) is 1.12. The largest absolute Gasteiger partial charge is 0.353 e. The van der Waals surface area contributed by atoms with Crippen molar-refractivity contribution in [2.75, 3.05) is 31.1 Å². The fourth-order valence-electron chi connectivity index (χ4n) is 3.18. The van der Waals surface area contributed by atoms with Crippen LogP contribution in [0.4, 0.5) is 14.6 Å². The number of halogens is 2. The average Bonchev–Trinajstić information content (AvgIpc) is 3.09. The molecule has 1 unspecified atom stereocenters. The number of piperazine rings is 1. The zero-order chi connectivity index (χ0) is 17.4. The van der Waals surface area contributed by atoms with E-state index >= 15 is 0 Å². The van der Waals surface area contributed by atoms with Crippen molar-refractivity contribution in [1.29, 1.82) is 0 Å². The highest BCUT2D eigenvalue weighted by atomic mass is 19.1. The van der Waals surface area contributed by atoms with Gasteiger partial charge >= 0.3 is 0 Å². The number of nitrogens with zero attached hydrogens (tertiary/aromatic N) is 7. The van der Waals surface area contributed by atoms with Crippen LogP contribution in [-0.2, 0) is 0 Å². The van der Waals surface area contributed by atoms with Gasteiger partial charge in [-0.2, -0.15) is 0 Å². The van der Waals surface area contributed by atoms with Gasteiger partial charge in [0.15, 0.2) is 11.5 Å². The van der Waals surface area contributed by atoms with Crippen molar-refractivity contribution in [2.24, 2.45) is 0 Å². The van der Waals surface area contributed by atoms with Gasteiger partial charge in [0.25, 0.3) is 0 Å². The van der Waals surface area contributed by atoms with E-state index in [2.05, 4.69) is 30.4 Å². The summed E-state index contributed by atoms with van der Waals surface area (Å²) < 4.78 is 28.5. The molecule has 0 N–H and O–H groups in total. The first-order chi connectivity index (χ1) is 12.1.